The van der Waals surface area contributed by atoms with Crippen molar-refractivity contribution in [1.29, 1.82) is 0 Å². The Labute approximate surface area is 160 Å². The van der Waals surface area contributed by atoms with Crippen molar-refractivity contribution in [3.05, 3.63) is 57.0 Å². The van der Waals surface area contributed by atoms with Gasteiger partial charge < -0.3 is 5.32 Å². The van der Waals surface area contributed by atoms with Gasteiger partial charge in [-0.25, -0.2) is 4.98 Å². The molecule has 136 valence electrons. The molecule has 0 aliphatic carbocycles. The highest BCUT2D eigenvalue weighted by Gasteiger charge is 2.16. The highest BCUT2D eigenvalue weighted by molar-refractivity contribution is 7.99. The van der Waals surface area contributed by atoms with Gasteiger partial charge in [0.25, 0.3) is 5.56 Å². The van der Waals surface area contributed by atoms with Crippen LogP contribution in [0, 0.1) is 0 Å². The molecule has 1 aromatic carbocycles. The number of para-hydroxylation sites is 1. The number of fused-ring (bicyclic) bond motifs is 1. The smallest absolute Gasteiger partial charge is 0.262 e. The highest BCUT2D eigenvalue weighted by Crippen LogP contribution is 2.22. The number of nitrogens with one attached hydrogen (secondary N) is 1. The van der Waals surface area contributed by atoms with Gasteiger partial charge in [0, 0.05) is 10.9 Å². The summed E-state index contributed by atoms with van der Waals surface area (Å²) in [7, 11) is 0. The number of thioether (sulfide) groups is 1. The third-order valence-electron chi connectivity index (χ3n) is 3.97. The highest BCUT2D eigenvalue weighted by atomic mass is 32.2. The summed E-state index contributed by atoms with van der Waals surface area (Å²) in [4.78, 5) is 30.8. The first-order chi connectivity index (χ1) is 12.5. The van der Waals surface area contributed by atoms with Gasteiger partial charge >= 0.3 is 0 Å². The lowest BCUT2D eigenvalue weighted by molar-refractivity contribution is -0.119. The van der Waals surface area contributed by atoms with Gasteiger partial charge in [-0.3, -0.25) is 14.2 Å². The number of hydrogen-bond donors (Lipinski definition) is 1. The van der Waals surface area contributed by atoms with E-state index < -0.39 is 0 Å². The van der Waals surface area contributed by atoms with Crippen LogP contribution in [0.3, 0.4) is 0 Å². The molecule has 7 heteroatoms. The fourth-order valence-corrected chi connectivity index (χ4v) is 4.38. The summed E-state index contributed by atoms with van der Waals surface area (Å²) in [6, 6.07) is 11.2. The van der Waals surface area contributed by atoms with E-state index in [1.54, 1.807) is 22.0 Å². The Morgan fingerprint density at radius 3 is 2.69 bits per heavy atom. The summed E-state index contributed by atoms with van der Waals surface area (Å²) in [6.45, 7) is 5.86. The second kappa shape index (κ2) is 8.05. The Bertz CT molecular complexity index is 965. The summed E-state index contributed by atoms with van der Waals surface area (Å²) in [5.74, 6) is 0.140. The molecule has 3 aromatic rings. The molecule has 0 saturated carbocycles. The second-order valence-electron chi connectivity index (χ2n) is 6.27. The van der Waals surface area contributed by atoms with E-state index in [0.717, 1.165) is 4.88 Å². The van der Waals surface area contributed by atoms with Crippen LogP contribution >= 0.6 is 23.1 Å². The number of nitrogens with zero attached hydrogens (tertiary/aromatic N) is 2. The maximum absolute atomic E-state index is 12.8. The summed E-state index contributed by atoms with van der Waals surface area (Å²) >= 11 is 2.91. The second-order valence-corrected chi connectivity index (χ2v) is 8.20. The average Bonchev–Trinajstić information content (AvgIpc) is 3.14. The van der Waals surface area contributed by atoms with Crippen LogP contribution in [0.25, 0.3) is 10.9 Å². The molecule has 0 saturated heterocycles. The zero-order chi connectivity index (χ0) is 18.7. The minimum Gasteiger partial charge on any atom is -0.348 e. The van der Waals surface area contributed by atoms with Crippen molar-refractivity contribution in [1.82, 2.24) is 14.9 Å². The molecule has 0 aliphatic rings. The van der Waals surface area contributed by atoms with Gasteiger partial charge in [0.05, 0.1) is 22.7 Å². The van der Waals surface area contributed by atoms with Gasteiger partial charge in [-0.15, -0.1) is 11.3 Å². The molecule has 2 aromatic heterocycles. The largest absolute Gasteiger partial charge is 0.348 e. The van der Waals surface area contributed by atoms with Gasteiger partial charge in [-0.05, 0) is 44.4 Å². The van der Waals surface area contributed by atoms with E-state index in [-0.39, 0.29) is 29.3 Å². The van der Waals surface area contributed by atoms with Crippen LogP contribution in [0.2, 0.25) is 0 Å². The quantitative estimate of drug-likeness (QED) is 0.513. The van der Waals surface area contributed by atoms with Gasteiger partial charge in [0.1, 0.15) is 0 Å². The van der Waals surface area contributed by atoms with Crippen molar-refractivity contribution in [3.63, 3.8) is 0 Å². The predicted octanol–water partition coefficient (Wildman–Crippen LogP) is 4.01. The molecular weight excluding hydrogens is 366 g/mol. The maximum atomic E-state index is 12.8. The number of aromatic nitrogens is 2. The van der Waals surface area contributed by atoms with Crippen LogP contribution in [0.5, 0.6) is 0 Å². The first-order valence-electron chi connectivity index (χ1n) is 8.44. The standard InChI is InChI=1S/C19H21N3O2S2/c1-12(2)22-18(24)14-7-4-5-8-15(14)21-19(22)26-11-17(23)20-13(3)16-9-6-10-25-16/h4-10,12-13H,11H2,1-3H3,(H,20,23). The fraction of sp³-hybridized carbons (Fsp3) is 0.316. The number of thiophene rings is 1. The molecule has 0 radical (unpaired) electrons. The molecule has 3 rings (SSSR count). The molecule has 5 nitrogen and oxygen atoms in total. The normalized spacial score (nSPS) is 12.5. The SMILES string of the molecule is CC(NC(=O)CSc1nc2ccccc2c(=O)n1C(C)C)c1cccs1. The minimum absolute atomic E-state index is 0.0278. The number of amides is 1. The van der Waals surface area contributed by atoms with E-state index in [2.05, 4.69) is 10.3 Å². The van der Waals surface area contributed by atoms with Crippen molar-refractivity contribution < 1.29 is 4.79 Å². The third-order valence-corrected chi connectivity index (χ3v) is 5.98. The lowest BCUT2D eigenvalue weighted by atomic mass is 10.2. The molecule has 0 bridgehead atoms. The Morgan fingerprint density at radius 2 is 2.00 bits per heavy atom. The minimum atomic E-state index is -0.0754. The monoisotopic (exact) mass is 387 g/mol. The molecule has 26 heavy (non-hydrogen) atoms. The van der Waals surface area contributed by atoms with Crippen LogP contribution < -0.4 is 10.9 Å². The van der Waals surface area contributed by atoms with Crippen LogP contribution in [-0.2, 0) is 4.79 Å². The van der Waals surface area contributed by atoms with Crippen molar-refractivity contribution >= 4 is 39.9 Å². The van der Waals surface area contributed by atoms with E-state index in [1.807, 2.05) is 56.5 Å². The molecule has 2 heterocycles. The zero-order valence-electron chi connectivity index (χ0n) is 14.9. The molecule has 0 fully saturated rings. The number of benzene rings is 1. The molecule has 0 aliphatic heterocycles. The number of carbonyl (C=O) groups excluding carboxylic acids is 1. The molecular formula is C19H21N3O2S2. The Morgan fingerprint density at radius 1 is 1.23 bits per heavy atom. The zero-order valence-corrected chi connectivity index (χ0v) is 16.6. The summed E-state index contributed by atoms with van der Waals surface area (Å²) < 4.78 is 1.66. The van der Waals surface area contributed by atoms with E-state index in [0.29, 0.717) is 16.1 Å². The number of rotatable bonds is 6. The average molecular weight is 388 g/mol. The summed E-state index contributed by atoms with van der Waals surface area (Å²) in [5, 5.41) is 6.15. The Kier molecular flexibility index (Phi) is 5.78. The molecule has 1 atom stereocenters. The summed E-state index contributed by atoms with van der Waals surface area (Å²) in [6.07, 6.45) is 0. The Hall–Kier alpha value is -2.12. The maximum Gasteiger partial charge on any atom is 0.262 e. The van der Waals surface area contributed by atoms with Gasteiger partial charge in [-0.1, -0.05) is 30.0 Å². The molecule has 1 N–H and O–H groups in total. The van der Waals surface area contributed by atoms with Crippen LogP contribution in [0.15, 0.2) is 51.7 Å². The van der Waals surface area contributed by atoms with E-state index in [9.17, 15) is 9.59 Å². The van der Waals surface area contributed by atoms with Gasteiger partial charge in [0.15, 0.2) is 5.16 Å². The summed E-state index contributed by atoms with van der Waals surface area (Å²) in [5.41, 5.74) is 0.588. The number of hydrogen-bond acceptors (Lipinski definition) is 5. The predicted molar refractivity (Wildman–Crippen MR) is 108 cm³/mol. The van der Waals surface area contributed by atoms with Crippen molar-refractivity contribution in [2.24, 2.45) is 0 Å². The third kappa shape index (κ3) is 3.99. The van der Waals surface area contributed by atoms with Crippen LogP contribution in [0.1, 0.15) is 37.7 Å². The van der Waals surface area contributed by atoms with Crippen molar-refractivity contribution in [2.45, 2.75) is 38.0 Å². The topological polar surface area (TPSA) is 64.0 Å². The first kappa shape index (κ1) is 18.7. The lowest BCUT2D eigenvalue weighted by Gasteiger charge is -2.16. The van der Waals surface area contributed by atoms with E-state index >= 15 is 0 Å². The molecule has 1 unspecified atom stereocenters. The van der Waals surface area contributed by atoms with E-state index in [1.165, 1.54) is 11.8 Å². The lowest BCUT2D eigenvalue weighted by Crippen LogP contribution is -2.29. The molecule has 0 spiro atoms. The first-order valence-corrected chi connectivity index (χ1v) is 10.3. The van der Waals surface area contributed by atoms with Gasteiger partial charge in [-0.2, -0.15) is 0 Å². The van der Waals surface area contributed by atoms with E-state index in [4.69, 9.17) is 0 Å². The van der Waals surface area contributed by atoms with Crippen molar-refractivity contribution in [3.8, 4) is 0 Å². The number of carbonyl (C=O) groups is 1. The molecule has 1 amide bonds. The Balaban J connectivity index is 1.79. The van der Waals surface area contributed by atoms with Gasteiger partial charge in [0.2, 0.25) is 5.91 Å². The fourth-order valence-electron chi connectivity index (χ4n) is 2.70. The van der Waals surface area contributed by atoms with Crippen LogP contribution in [0.4, 0.5) is 0 Å². The van der Waals surface area contributed by atoms with Crippen molar-refractivity contribution in [2.75, 3.05) is 5.75 Å². The van der Waals surface area contributed by atoms with Crippen LogP contribution in [-0.4, -0.2) is 21.2 Å².